The number of carboxylic acids is 1. The van der Waals surface area contributed by atoms with Gasteiger partial charge in [0, 0.05) is 31.6 Å². The summed E-state index contributed by atoms with van der Waals surface area (Å²) in [7, 11) is 0. The zero-order valence-electron chi connectivity index (χ0n) is 48.4. The maximum Gasteiger partial charge on any atom is 0.335 e. The number of ether oxygens (including phenoxy) is 11. The first kappa shape index (κ1) is 63.4. The van der Waals surface area contributed by atoms with Gasteiger partial charge >= 0.3 is 23.9 Å². The summed E-state index contributed by atoms with van der Waals surface area (Å²) in [5.41, 5.74) is -2.16. The topological polar surface area (TPSA) is 372 Å². The molecule has 10 N–H and O–H groups in total. The van der Waals surface area contributed by atoms with Gasteiger partial charge in [-0.3, -0.25) is 14.4 Å². The molecule has 0 spiro atoms. The summed E-state index contributed by atoms with van der Waals surface area (Å²) in [6.45, 7) is 16.9. The number of aliphatic carboxylic acids is 1. The normalized spacial score (nSPS) is 50.9. The van der Waals surface area contributed by atoms with Crippen LogP contribution < -0.4 is 0 Å². The minimum absolute atomic E-state index is 0.0968. The Bertz CT molecular complexity index is 2390. The van der Waals surface area contributed by atoms with Gasteiger partial charge in [0.05, 0.1) is 44.7 Å². The number of hydrogen-bond donors (Lipinski definition) is 10. The van der Waals surface area contributed by atoms with Crippen molar-refractivity contribution in [3.05, 3.63) is 11.6 Å². The maximum atomic E-state index is 12.4. The van der Waals surface area contributed by atoms with E-state index in [4.69, 9.17) is 52.1 Å². The molecule has 4 saturated heterocycles. The fourth-order valence-electron chi connectivity index (χ4n) is 16.8. The van der Waals surface area contributed by atoms with Crippen LogP contribution in [0.3, 0.4) is 0 Å². The van der Waals surface area contributed by atoms with Crippen LogP contribution in [-0.2, 0) is 71.3 Å². The van der Waals surface area contributed by atoms with Crippen LogP contribution in [0.1, 0.15) is 121 Å². The van der Waals surface area contributed by atoms with E-state index in [0.29, 0.717) is 44.9 Å². The minimum Gasteiger partial charge on any atom is -0.479 e. The molecule has 28 unspecified atom stereocenters. The Labute approximate surface area is 476 Å². The summed E-state index contributed by atoms with van der Waals surface area (Å²) in [6, 6.07) is 0. The molecule has 25 heteroatoms. The average molecular weight is 1170 g/mol. The number of allylic oxidation sites excluding steroid dienone is 2. The highest BCUT2D eigenvalue weighted by Crippen LogP contribution is 2.76. The van der Waals surface area contributed by atoms with Crippen molar-refractivity contribution in [1.29, 1.82) is 0 Å². The standard InChI is InChI=1S/C57H88O25/c1-24(59)75-31-22-74-50(44(77-26(3)61)41(31)76-25(2)60)79-40-30(63)21-73-49(39(40)68)82-46-45(69)52(4,5)19-28-27-11-12-33-54(7)15-14-34(55(8,23-58)32(54)13-16-57(33,10)56(27,9)18-17-53(28,46)6)78-51-43(37(66)36(65)42(80-51)47(70)71)81-48-38(67)35(64)29(62)20-72-48/h11,28-46,48-51,58,62-69H,12-23H2,1-10H3,(H,70,71). The van der Waals surface area contributed by atoms with Gasteiger partial charge in [0.25, 0.3) is 0 Å². The fraction of sp³-hybridized carbons (Fsp3) is 0.895. The molecule has 9 aliphatic rings. The number of esters is 3. The van der Waals surface area contributed by atoms with Gasteiger partial charge in [-0.15, -0.1) is 0 Å². The molecule has 466 valence electrons. The molecule has 0 bridgehead atoms. The summed E-state index contributed by atoms with van der Waals surface area (Å²) >= 11 is 0. The summed E-state index contributed by atoms with van der Waals surface area (Å²) in [4.78, 5) is 49.0. The predicted molar refractivity (Wildman–Crippen MR) is 277 cm³/mol. The van der Waals surface area contributed by atoms with Crippen molar-refractivity contribution in [3.8, 4) is 0 Å². The molecule has 4 aliphatic heterocycles. The van der Waals surface area contributed by atoms with Crippen LogP contribution in [0.4, 0.5) is 0 Å². The highest BCUT2D eigenvalue weighted by Gasteiger charge is 2.71. The van der Waals surface area contributed by atoms with Gasteiger partial charge in [0.1, 0.15) is 54.9 Å². The molecule has 9 rings (SSSR count). The number of aliphatic hydroxyl groups is 9. The predicted octanol–water partition coefficient (Wildman–Crippen LogP) is 0.102. The van der Waals surface area contributed by atoms with Gasteiger partial charge in [-0.25, -0.2) is 4.79 Å². The van der Waals surface area contributed by atoms with Gasteiger partial charge in [0.2, 0.25) is 0 Å². The van der Waals surface area contributed by atoms with E-state index in [0.717, 1.165) is 27.2 Å². The van der Waals surface area contributed by atoms with E-state index in [1.807, 2.05) is 20.8 Å². The van der Waals surface area contributed by atoms with E-state index >= 15 is 0 Å². The highest BCUT2D eigenvalue weighted by molar-refractivity contribution is 5.73. The molecule has 82 heavy (non-hydrogen) atoms. The Hall–Kier alpha value is -3.06. The van der Waals surface area contributed by atoms with Crippen molar-refractivity contribution in [2.45, 2.75) is 243 Å². The molecule has 8 fully saturated rings. The average Bonchev–Trinajstić information content (AvgIpc) is 2.09. The van der Waals surface area contributed by atoms with Gasteiger partial charge in [-0.1, -0.05) is 60.1 Å². The molecule has 5 aliphatic carbocycles. The van der Waals surface area contributed by atoms with Crippen molar-refractivity contribution in [2.75, 3.05) is 26.4 Å². The fourth-order valence-corrected chi connectivity index (χ4v) is 16.8. The largest absolute Gasteiger partial charge is 0.479 e. The number of aliphatic hydroxyl groups excluding tert-OH is 9. The van der Waals surface area contributed by atoms with Crippen LogP contribution in [-0.4, -0.2) is 224 Å². The molecule has 28 atom stereocenters. The van der Waals surface area contributed by atoms with Crippen LogP contribution in [0.15, 0.2) is 11.6 Å². The Balaban J connectivity index is 0.949. The van der Waals surface area contributed by atoms with E-state index in [9.17, 15) is 70.2 Å². The van der Waals surface area contributed by atoms with Crippen LogP contribution in [0, 0.1) is 50.2 Å². The lowest BCUT2D eigenvalue weighted by molar-refractivity contribution is -0.367. The number of carboxylic acid groups (broad SMARTS) is 1. The third kappa shape index (κ3) is 10.8. The molecule has 0 amide bonds. The van der Waals surface area contributed by atoms with E-state index in [-0.39, 0.29) is 53.8 Å². The van der Waals surface area contributed by atoms with Crippen molar-refractivity contribution >= 4 is 23.9 Å². The Morgan fingerprint density at radius 2 is 1.20 bits per heavy atom. The van der Waals surface area contributed by atoms with Gasteiger partial charge in [-0.05, 0) is 90.8 Å². The van der Waals surface area contributed by atoms with Crippen LogP contribution >= 0.6 is 0 Å². The first-order valence-electron chi connectivity index (χ1n) is 28.9. The van der Waals surface area contributed by atoms with Crippen LogP contribution in [0.25, 0.3) is 0 Å². The smallest absolute Gasteiger partial charge is 0.335 e. The second-order valence-corrected chi connectivity index (χ2v) is 26.8. The van der Waals surface area contributed by atoms with Crippen LogP contribution in [0.5, 0.6) is 0 Å². The van der Waals surface area contributed by atoms with E-state index in [1.54, 1.807) is 0 Å². The van der Waals surface area contributed by atoms with Crippen molar-refractivity contribution < 1.29 is 122 Å². The number of hydrogen-bond acceptors (Lipinski definition) is 24. The first-order valence-corrected chi connectivity index (χ1v) is 28.9. The van der Waals surface area contributed by atoms with E-state index in [2.05, 4.69) is 33.8 Å². The maximum absolute atomic E-state index is 12.4. The lowest BCUT2D eigenvalue weighted by Crippen LogP contribution is -2.69. The molecule has 25 nitrogen and oxygen atoms in total. The second kappa shape index (κ2) is 23.2. The molecular weight excluding hydrogens is 1080 g/mol. The monoisotopic (exact) mass is 1170 g/mol. The summed E-state index contributed by atoms with van der Waals surface area (Å²) in [5.74, 6) is -4.05. The summed E-state index contributed by atoms with van der Waals surface area (Å²) < 4.78 is 65.1. The molecular formula is C57H88O25. The van der Waals surface area contributed by atoms with E-state index < -0.39 is 170 Å². The van der Waals surface area contributed by atoms with Gasteiger partial charge < -0.3 is 103 Å². The molecule has 4 saturated carbocycles. The zero-order valence-corrected chi connectivity index (χ0v) is 48.4. The third-order valence-corrected chi connectivity index (χ3v) is 21.5. The SMILES string of the molecule is CC(=O)OC1COC(OC2C(O)COC(OC3C(O)C(C)(C)CC4C5=CCC6C7(C)CCC(OC8OC(C(=O)O)C(O)C(O)C8OC8OCC(O)C(O)C8O)C(C)(CO)C7CCC6(C)C5(C)CCC43C)C2O)C(OC(C)=O)C1OC(C)=O. The van der Waals surface area contributed by atoms with Crippen molar-refractivity contribution in [2.24, 2.45) is 50.2 Å². The van der Waals surface area contributed by atoms with Crippen molar-refractivity contribution in [3.63, 3.8) is 0 Å². The number of fused-ring (bicyclic) bond motifs is 7. The lowest BCUT2D eigenvalue weighted by Gasteiger charge is -2.72. The summed E-state index contributed by atoms with van der Waals surface area (Å²) in [6.07, 6.45) is -22.7. The Morgan fingerprint density at radius 3 is 1.83 bits per heavy atom. The quantitative estimate of drug-likeness (QED) is 0.0506. The first-order chi connectivity index (χ1) is 38.3. The Kier molecular flexibility index (Phi) is 18.0. The van der Waals surface area contributed by atoms with Crippen LogP contribution in [0.2, 0.25) is 0 Å². The highest BCUT2D eigenvalue weighted by atomic mass is 16.8. The Morgan fingerprint density at radius 1 is 0.585 bits per heavy atom. The molecule has 0 aromatic rings. The van der Waals surface area contributed by atoms with Gasteiger partial charge in [0.15, 0.2) is 49.6 Å². The third-order valence-electron chi connectivity index (χ3n) is 21.5. The van der Waals surface area contributed by atoms with Gasteiger partial charge in [-0.2, -0.15) is 0 Å². The molecule has 0 radical (unpaired) electrons. The molecule has 4 heterocycles. The molecule has 0 aromatic heterocycles. The van der Waals surface area contributed by atoms with Crippen molar-refractivity contribution in [1.82, 2.24) is 0 Å². The minimum atomic E-state index is -1.99. The lowest BCUT2D eigenvalue weighted by atomic mass is 9.33. The number of rotatable bonds is 13. The number of carbonyl (C=O) groups is 4. The second-order valence-electron chi connectivity index (χ2n) is 26.8. The molecule has 0 aromatic carbocycles. The van der Waals surface area contributed by atoms with E-state index in [1.165, 1.54) is 5.57 Å². The zero-order chi connectivity index (χ0) is 60.1. The summed E-state index contributed by atoms with van der Waals surface area (Å²) in [5, 5.41) is 111. The number of carbonyl (C=O) groups excluding carboxylic acids is 3.